The zero-order valence-corrected chi connectivity index (χ0v) is 12.5. The van der Waals surface area contributed by atoms with E-state index in [-0.39, 0.29) is 18.8 Å². The number of carboxylic acids is 1. The molecular weight excluding hydrogens is 318 g/mol. The molecule has 0 aromatic heterocycles. The van der Waals surface area contributed by atoms with Crippen LogP contribution in [0.25, 0.3) is 0 Å². The standard InChI is InChI=1S/C13H16BrNO2.ClH/c14-12-4-1-3-10-6-8-15(9-11(10)12)7-2-5-13(16)17;/h1,3-4H,2,5-9H2,(H,16,17);1H. The molecule has 3 nitrogen and oxygen atoms in total. The number of rotatable bonds is 4. The average Bonchev–Trinajstić information content (AvgIpc) is 2.30. The van der Waals surface area contributed by atoms with Crippen LogP contribution in [0.2, 0.25) is 0 Å². The van der Waals surface area contributed by atoms with Crippen molar-refractivity contribution in [1.29, 1.82) is 0 Å². The van der Waals surface area contributed by atoms with Crippen LogP contribution in [-0.2, 0) is 17.8 Å². The molecule has 5 heteroatoms. The summed E-state index contributed by atoms with van der Waals surface area (Å²) in [5.74, 6) is -0.705. The number of fused-ring (bicyclic) bond motifs is 1. The number of carbonyl (C=O) groups is 1. The molecule has 1 heterocycles. The second kappa shape index (κ2) is 7.12. The molecule has 0 saturated heterocycles. The van der Waals surface area contributed by atoms with Crippen LogP contribution in [0.4, 0.5) is 0 Å². The van der Waals surface area contributed by atoms with Crippen molar-refractivity contribution in [3.63, 3.8) is 0 Å². The Morgan fingerprint density at radius 3 is 2.94 bits per heavy atom. The predicted molar refractivity (Wildman–Crippen MR) is 77.2 cm³/mol. The first-order chi connectivity index (χ1) is 8.16. The van der Waals surface area contributed by atoms with E-state index in [4.69, 9.17) is 5.11 Å². The van der Waals surface area contributed by atoms with E-state index in [1.807, 2.05) is 0 Å². The molecule has 0 spiro atoms. The highest BCUT2D eigenvalue weighted by molar-refractivity contribution is 9.10. The van der Waals surface area contributed by atoms with Gasteiger partial charge in [-0.2, -0.15) is 0 Å². The van der Waals surface area contributed by atoms with E-state index in [0.717, 1.165) is 36.9 Å². The molecule has 0 aliphatic carbocycles. The van der Waals surface area contributed by atoms with Gasteiger partial charge in [-0.25, -0.2) is 0 Å². The summed E-state index contributed by atoms with van der Waals surface area (Å²) in [4.78, 5) is 12.8. The summed E-state index contributed by atoms with van der Waals surface area (Å²) < 4.78 is 1.16. The third-order valence-electron chi connectivity index (χ3n) is 3.16. The van der Waals surface area contributed by atoms with Crippen LogP contribution in [-0.4, -0.2) is 29.1 Å². The van der Waals surface area contributed by atoms with Crippen LogP contribution in [0.15, 0.2) is 22.7 Å². The summed E-state index contributed by atoms with van der Waals surface area (Å²) in [5, 5.41) is 8.62. The minimum absolute atomic E-state index is 0. The SMILES string of the molecule is Cl.O=C(O)CCCN1CCc2cccc(Br)c2C1. The van der Waals surface area contributed by atoms with Crippen LogP contribution in [0.5, 0.6) is 0 Å². The summed E-state index contributed by atoms with van der Waals surface area (Å²) in [5.41, 5.74) is 2.77. The number of nitrogens with zero attached hydrogens (tertiary/aromatic N) is 1. The molecule has 18 heavy (non-hydrogen) atoms. The molecule has 1 aromatic carbocycles. The zero-order valence-electron chi connectivity index (χ0n) is 10.1. The third-order valence-corrected chi connectivity index (χ3v) is 3.90. The smallest absolute Gasteiger partial charge is 0.303 e. The number of benzene rings is 1. The van der Waals surface area contributed by atoms with Crippen LogP contribution in [0, 0.1) is 0 Å². The molecule has 1 aromatic rings. The summed E-state index contributed by atoms with van der Waals surface area (Å²) in [6.45, 7) is 2.83. The Morgan fingerprint density at radius 1 is 1.44 bits per heavy atom. The Balaban J connectivity index is 0.00000162. The summed E-state index contributed by atoms with van der Waals surface area (Å²) in [6.07, 6.45) is 2.05. The number of halogens is 2. The Hall–Kier alpha value is -0.580. The summed E-state index contributed by atoms with van der Waals surface area (Å²) in [7, 11) is 0. The van der Waals surface area contributed by atoms with Gasteiger partial charge in [0.25, 0.3) is 0 Å². The van der Waals surface area contributed by atoms with Gasteiger partial charge in [0.2, 0.25) is 0 Å². The molecule has 100 valence electrons. The maximum Gasteiger partial charge on any atom is 0.303 e. The lowest BCUT2D eigenvalue weighted by atomic mass is 10.00. The minimum atomic E-state index is -0.705. The Labute approximate surface area is 122 Å². The molecule has 0 radical (unpaired) electrons. The van der Waals surface area contributed by atoms with Crippen molar-refractivity contribution < 1.29 is 9.90 Å². The molecule has 2 rings (SSSR count). The highest BCUT2D eigenvalue weighted by Crippen LogP contribution is 2.26. The number of hydrogen-bond donors (Lipinski definition) is 1. The normalized spacial score (nSPS) is 14.7. The first-order valence-corrected chi connectivity index (χ1v) is 6.66. The average molecular weight is 335 g/mol. The Morgan fingerprint density at radius 2 is 2.22 bits per heavy atom. The van der Waals surface area contributed by atoms with E-state index < -0.39 is 5.97 Å². The van der Waals surface area contributed by atoms with E-state index >= 15 is 0 Å². The molecular formula is C13H17BrClNO2. The van der Waals surface area contributed by atoms with Gasteiger partial charge in [-0.15, -0.1) is 12.4 Å². The van der Waals surface area contributed by atoms with Crippen LogP contribution in [0.1, 0.15) is 24.0 Å². The van der Waals surface area contributed by atoms with E-state index in [1.165, 1.54) is 11.1 Å². The lowest BCUT2D eigenvalue weighted by Gasteiger charge is -2.29. The number of carboxylic acid groups (broad SMARTS) is 1. The van der Waals surface area contributed by atoms with Gasteiger partial charge in [-0.3, -0.25) is 9.69 Å². The maximum absolute atomic E-state index is 10.5. The van der Waals surface area contributed by atoms with Crippen molar-refractivity contribution in [2.45, 2.75) is 25.8 Å². The van der Waals surface area contributed by atoms with Gasteiger partial charge in [0.1, 0.15) is 0 Å². The van der Waals surface area contributed by atoms with Crippen LogP contribution in [0.3, 0.4) is 0 Å². The summed E-state index contributed by atoms with van der Waals surface area (Å²) >= 11 is 3.58. The molecule has 0 unspecified atom stereocenters. The van der Waals surface area contributed by atoms with Gasteiger partial charge in [-0.05, 0) is 36.6 Å². The second-order valence-corrected chi connectivity index (χ2v) is 5.26. The van der Waals surface area contributed by atoms with E-state index in [0.29, 0.717) is 0 Å². The van der Waals surface area contributed by atoms with Gasteiger partial charge >= 0.3 is 5.97 Å². The molecule has 1 aliphatic heterocycles. The Kier molecular flexibility index (Phi) is 6.12. The fraction of sp³-hybridized carbons (Fsp3) is 0.462. The topological polar surface area (TPSA) is 40.5 Å². The monoisotopic (exact) mass is 333 g/mol. The maximum atomic E-state index is 10.5. The quantitative estimate of drug-likeness (QED) is 0.920. The van der Waals surface area contributed by atoms with E-state index in [9.17, 15) is 4.79 Å². The number of hydrogen-bond acceptors (Lipinski definition) is 2. The van der Waals surface area contributed by atoms with Crippen molar-refractivity contribution in [2.24, 2.45) is 0 Å². The van der Waals surface area contributed by atoms with Crippen molar-refractivity contribution in [1.82, 2.24) is 4.90 Å². The molecule has 0 fully saturated rings. The first kappa shape index (κ1) is 15.5. The number of aliphatic carboxylic acids is 1. The minimum Gasteiger partial charge on any atom is -0.481 e. The molecule has 1 N–H and O–H groups in total. The van der Waals surface area contributed by atoms with Crippen molar-refractivity contribution >= 4 is 34.3 Å². The highest BCUT2D eigenvalue weighted by Gasteiger charge is 2.17. The van der Waals surface area contributed by atoms with E-state index in [1.54, 1.807) is 0 Å². The van der Waals surface area contributed by atoms with Gasteiger partial charge in [0.05, 0.1) is 0 Å². The van der Waals surface area contributed by atoms with Gasteiger partial charge in [0, 0.05) is 24.0 Å². The first-order valence-electron chi connectivity index (χ1n) is 5.87. The molecule has 0 atom stereocenters. The fourth-order valence-electron chi connectivity index (χ4n) is 2.24. The van der Waals surface area contributed by atoms with Crippen molar-refractivity contribution in [3.05, 3.63) is 33.8 Å². The van der Waals surface area contributed by atoms with Gasteiger partial charge in [0.15, 0.2) is 0 Å². The summed E-state index contributed by atoms with van der Waals surface area (Å²) in [6, 6.07) is 6.32. The highest BCUT2D eigenvalue weighted by atomic mass is 79.9. The predicted octanol–water partition coefficient (Wildman–Crippen LogP) is 3.09. The Bertz CT molecular complexity index is 425. The lowest BCUT2D eigenvalue weighted by molar-refractivity contribution is -0.137. The molecule has 1 aliphatic rings. The molecule has 0 amide bonds. The van der Waals surface area contributed by atoms with Crippen LogP contribution < -0.4 is 0 Å². The second-order valence-electron chi connectivity index (χ2n) is 4.40. The lowest BCUT2D eigenvalue weighted by Crippen LogP contribution is -2.31. The van der Waals surface area contributed by atoms with Crippen molar-refractivity contribution in [3.8, 4) is 0 Å². The molecule has 0 bridgehead atoms. The fourth-order valence-corrected chi connectivity index (χ4v) is 2.77. The van der Waals surface area contributed by atoms with E-state index in [2.05, 4.69) is 39.0 Å². The van der Waals surface area contributed by atoms with Crippen molar-refractivity contribution in [2.75, 3.05) is 13.1 Å². The van der Waals surface area contributed by atoms with Crippen LogP contribution >= 0.6 is 28.3 Å². The molecule has 0 saturated carbocycles. The van der Waals surface area contributed by atoms with Gasteiger partial charge in [-0.1, -0.05) is 28.1 Å². The zero-order chi connectivity index (χ0) is 12.3. The third kappa shape index (κ3) is 3.97. The largest absolute Gasteiger partial charge is 0.481 e. The van der Waals surface area contributed by atoms with Gasteiger partial charge < -0.3 is 5.11 Å².